The Morgan fingerprint density at radius 3 is 2.59 bits per heavy atom. The zero-order chi connectivity index (χ0) is 12.3. The van der Waals surface area contributed by atoms with Crippen LogP contribution in [0, 0.1) is 6.92 Å². The van der Waals surface area contributed by atoms with Gasteiger partial charge in [-0.25, -0.2) is 0 Å². The van der Waals surface area contributed by atoms with Crippen LogP contribution >= 0.6 is 0 Å². The van der Waals surface area contributed by atoms with Crippen molar-refractivity contribution >= 4 is 0 Å². The van der Waals surface area contributed by atoms with Crippen molar-refractivity contribution in [3.8, 4) is 0 Å². The molecule has 2 aromatic rings. The van der Waals surface area contributed by atoms with E-state index in [0.717, 1.165) is 17.8 Å². The molecule has 1 heterocycles. The maximum atomic E-state index is 5.64. The minimum absolute atomic E-state index is 0.0867. The molecule has 2 rings (SSSR count). The summed E-state index contributed by atoms with van der Waals surface area (Å²) in [6.07, 6.45) is 0.857. The average Bonchev–Trinajstić information content (AvgIpc) is 2.67. The van der Waals surface area contributed by atoms with Crippen molar-refractivity contribution in [1.82, 2.24) is 15.2 Å². The van der Waals surface area contributed by atoms with Crippen LogP contribution in [0.4, 0.5) is 0 Å². The standard InChI is InChI=1S/C13H18N4/c1-10-8-13(17(2)16-10)12(15-14)9-11-6-4-3-5-7-11/h3-8,12,15H,9,14H2,1-2H3. The van der Waals surface area contributed by atoms with Crippen molar-refractivity contribution < 1.29 is 0 Å². The Balaban J connectivity index is 2.20. The first-order valence-corrected chi connectivity index (χ1v) is 5.71. The Kier molecular flexibility index (Phi) is 3.56. The predicted octanol–water partition coefficient (Wildman–Crippen LogP) is 1.48. The van der Waals surface area contributed by atoms with Crippen LogP contribution in [0.15, 0.2) is 36.4 Å². The van der Waals surface area contributed by atoms with Crippen molar-refractivity contribution in [1.29, 1.82) is 0 Å². The largest absolute Gasteiger partial charge is 0.271 e. The van der Waals surface area contributed by atoms with E-state index in [0.29, 0.717) is 0 Å². The minimum atomic E-state index is 0.0867. The third kappa shape index (κ3) is 2.72. The van der Waals surface area contributed by atoms with Crippen LogP contribution < -0.4 is 11.3 Å². The lowest BCUT2D eigenvalue weighted by Crippen LogP contribution is -2.31. The lowest BCUT2D eigenvalue weighted by Gasteiger charge is -2.16. The molecule has 3 N–H and O–H groups in total. The van der Waals surface area contributed by atoms with E-state index in [2.05, 4.69) is 28.7 Å². The van der Waals surface area contributed by atoms with Gasteiger partial charge in [0.05, 0.1) is 17.4 Å². The molecule has 4 heteroatoms. The number of aryl methyl sites for hydroxylation is 2. The van der Waals surface area contributed by atoms with E-state index in [1.54, 1.807) is 0 Å². The number of benzene rings is 1. The molecule has 0 aliphatic heterocycles. The van der Waals surface area contributed by atoms with Gasteiger partial charge >= 0.3 is 0 Å². The van der Waals surface area contributed by atoms with E-state index in [4.69, 9.17) is 5.84 Å². The Labute approximate surface area is 101 Å². The molecule has 4 nitrogen and oxygen atoms in total. The van der Waals surface area contributed by atoms with Crippen molar-refractivity contribution in [2.24, 2.45) is 12.9 Å². The van der Waals surface area contributed by atoms with Crippen molar-refractivity contribution in [3.05, 3.63) is 53.3 Å². The Hall–Kier alpha value is -1.65. The van der Waals surface area contributed by atoms with Crippen LogP contribution in [-0.4, -0.2) is 9.78 Å². The summed E-state index contributed by atoms with van der Waals surface area (Å²) in [6.45, 7) is 1.99. The van der Waals surface area contributed by atoms with E-state index < -0.39 is 0 Å². The van der Waals surface area contributed by atoms with Crippen molar-refractivity contribution in [2.45, 2.75) is 19.4 Å². The van der Waals surface area contributed by atoms with Crippen LogP contribution in [0.2, 0.25) is 0 Å². The molecule has 90 valence electrons. The number of nitrogens with two attached hydrogens (primary N) is 1. The average molecular weight is 230 g/mol. The molecule has 0 amide bonds. The monoisotopic (exact) mass is 230 g/mol. The van der Waals surface area contributed by atoms with Gasteiger partial charge in [-0.05, 0) is 25.0 Å². The zero-order valence-corrected chi connectivity index (χ0v) is 10.2. The topological polar surface area (TPSA) is 55.9 Å². The predicted molar refractivity (Wildman–Crippen MR) is 68.2 cm³/mol. The molecule has 0 saturated heterocycles. The highest BCUT2D eigenvalue weighted by atomic mass is 15.3. The lowest BCUT2D eigenvalue weighted by atomic mass is 10.0. The highest BCUT2D eigenvalue weighted by Gasteiger charge is 2.14. The molecule has 0 radical (unpaired) electrons. The van der Waals surface area contributed by atoms with Crippen LogP contribution in [0.5, 0.6) is 0 Å². The van der Waals surface area contributed by atoms with Crippen molar-refractivity contribution in [2.75, 3.05) is 0 Å². The summed E-state index contributed by atoms with van der Waals surface area (Å²) in [5.74, 6) is 5.64. The summed E-state index contributed by atoms with van der Waals surface area (Å²) < 4.78 is 1.88. The molecule has 17 heavy (non-hydrogen) atoms. The number of aromatic nitrogens is 2. The first-order chi connectivity index (χ1) is 8.20. The second-order valence-electron chi connectivity index (χ2n) is 4.24. The van der Waals surface area contributed by atoms with Gasteiger partial charge in [0.25, 0.3) is 0 Å². The molecule has 1 unspecified atom stereocenters. The number of hydrogen-bond acceptors (Lipinski definition) is 3. The van der Waals surface area contributed by atoms with E-state index in [1.807, 2.05) is 36.9 Å². The smallest absolute Gasteiger partial charge is 0.0669 e. The Morgan fingerprint density at radius 1 is 1.35 bits per heavy atom. The number of hydrazine groups is 1. The first-order valence-electron chi connectivity index (χ1n) is 5.71. The van der Waals surface area contributed by atoms with E-state index in [9.17, 15) is 0 Å². The quantitative estimate of drug-likeness (QED) is 0.618. The molecule has 0 fully saturated rings. The third-order valence-corrected chi connectivity index (χ3v) is 2.88. The van der Waals surface area contributed by atoms with Crippen LogP contribution in [0.3, 0.4) is 0 Å². The minimum Gasteiger partial charge on any atom is -0.271 e. The van der Waals surface area contributed by atoms with Crippen LogP contribution in [0.25, 0.3) is 0 Å². The second-order valence-corrected chi connectivity index (χ2v) is 4.24. The van der Waals surface area contributed by atoms with Gasteiger partial charge in [-0.2, -0.15) is 5.10 Å². The molecular formula is C13H18N4. The van der Waals surface area contributed by atoms with Gasteiger partial charge < -0.3 is 0 Å². The number of nitrogens with one attached hydrogen (secondary N) is 1. The fourth-order valence-electron chi connectivity index (χ4n) is 2.06. The molecule has 1 aromatic heterocycles. The van der Waals surface area contributed by atoms with E-state index in [1.165, 1.54) is 5.56 Å². The summed E-state index contributed by atoms with van der Waals surface area (Å²) in [5.41, 5.74) is 6.23. The van der Waals surface area contributed by atoms with Gasteiger partial charge in [0.1, 0.15) is 0 Å². The number of rotatable bonds is 4. The van der Waals surface area contributed by atoms with Gasteiger partial charge in [0, 0.05) is 7.05 Å². The highest BCUT2D eigenvalue weighted by molar-refractivity contribution is 5.20. The number of hydrogen-bond donors (Lipinski definition) is 2. The molecule has 0 saturated carbocycles. The van der Waals surface area contributed by atoms with Crippen LogP contribution in [-0.2, 0) is 13.5 Å². The molecule has 1 atom stereocenters. The fourth-order valence-corrected chi connectivity index (χ4v) is 2.06. The second kappa shape index (κ2) is 5.12. The number of nitrogens with zero attached hydrogens (tertiary/aromatic N) is 2. The Morgan fingerprint density at radius 2 is 2.06 bits per heavy atom. The molecule has 0 bridgehead atoms. The third-order valence-electron chi connectivity index (χ3n) is 2.88. The summed E-state index contributed by atoms with van der Waals surface area (Å²) in [7, 11) is 1.94. The van der Waals surface area contributed by atoms with Gasteiger partial charge in [-0.3, -0.25) is 16.0 Å². The molecule has 0 aliphatic carbocycles. The summed E-state index contributed by atoms with van der Waals surface area (Å²) in [4.78, 5) is 0. The normalized spacial score (nSPS) is 12.6. The maximum absolute atomic E-state index is 5.64. The van der Waals surface area contributed by atoms with E-state index >= 15 is 0 Å². The summed E-state index contributed by atoms with van der Waals surface area (Å²) in [6, 6.07) is 12.5. The van der Waals surface area contributed by atoms with Gasteiger partial charge in [-0.1, -0.05) is 30.3 Å². The van der Waals surface area contributed by atoms with Crippen LogP contribution in [0.1, 0.15) is 23.0 Å². The summed E-state index contributed by atoms with van der Waals surface area (Å²) in [5, 5.41) is 4.34. The molecule has 1 aromatic carbocycles. The summed E-state index contributed by atoms with van der Waals surface area (Å²) >= 11 is 0. The highest BCUT2D eigenvalue weighted by Crippen LogP contribution is 2.17. The molecular weight excluding hydrogens is 212 g/mol. The lowest BCUT2D eigenvalue weighted by molar-refractivity contribution is 0.508. The maximum Gasteiger partial charge on any atom is 0.0669 e. The SMILES string of the molecule is Cc1cc(C(Cc2ccccc2)NN)n(C)n1. The van der Waals surface area contributed by atoms with Gasteiger partial charge in [-0.15, -0.1) is 0 Å². The first kappa shape index (κ1) is 11.8. The Bertz CT molecular complexity index is 475. The van der Waals surface area contributed by atoms with Gasteiger partial charge in [0.15, 0.2) is 0 Å². The molecule has 0 spiro atoms. The van der Waals surface area contributed by atoms with E-state index in [-0.39, 0.29) is 6.04 Å². The van der Waals surface area contributed by atoms with Gasteiger partial charge in [0.2, 0.25) is 0 Å². The zero-order valence-electron chi connectivity index (χ0n) is 10.2. The molecule has 0 aliphatic rings. The fraction of sp³-hybridized carbons (Fsp3) is 0.308. The van der Waals surface area contributed by atoms with Crippen molar-refractivity contribution in [3.63, 3.8) is 0 Å².